The average Bonchev–Trinajstić information content (AvgIpc) is 2.82. The molecule has 0 aromatic heterocycles. The van der Waals surface area contributed by atoms with Gasteiger partial charge >= 0.3 is 0 Å². The van der Waals surface area contributed by atoms with Gasteiger partial charge in [-0.1, -0.05) is 26.0 Å². The number of nitrogens with one attached hydrogen (secondary N) is 2. The number of carbonyl (C=O) groups excluding carboxylic acids is 1. The highest BCUT2D eigenvalue weighted by Crippen LogP contribution is 2.39. The summed E-state index contributed by atoms with van der Waals surface area (Å²) in [5, 5.41) is 3.50. The summed E-state index contributed by atoms with van der Waals surface area (Å²) in [6.07, 6.45) is 1.42. The quantitative estimate of drug-likeness (QED) is 0.654. The van der Waals surface area contributed by atoms with E-state index in [1.54, 1.807) is 12.1 Å². The third-order valence-electron chi connectivity index (χ3n) is 6.91. The highest BCUT2D eigenvalue weighted by Gasteiger charge is 2.35. The van der Waals surface area contributed by atoms with Crippen LogP contribution in [0.4, 0.5) is 5.69 Å². The van der Waals surface area contributed by atoms with Crippen molar-refractivity contribution in [3.8, 4) is 0 Å². The molecular weight excluding hydrogens is 448 g/mol. The fraction of sp³-hybridized carbons (Fsp3) is 0.500. The average molecular weight is 485 g/mol. The topological polar surface area (TPSA) is 81.8 Å². The van der Waals surface area contributed by atoms with Crippen LogP contribution in [0.1, 0.15) is 61.6 Å². The van der Waals surface area contributed by atoms with Gasteiger partial charge in [-0.05, 0) is 74.7 Å². The fourth-order valence-corrected chi connectivity index (χ4v) is 6.06. The van der Waals surface area contributed by atoms with Crippen LogP contribution in [-0.4, -0.2) is 62.4 Å². The number of hydrogen-bond donors (Lipinski definition) is 2. The molecule has 2 N–H and O–H groups in total. The molecule has 0 radical (unpaired) electrons. The van der Waals surface area contributed by atoms with Gasteiger partial charge < -0.3 is 15.1 Å². The molecule has 0 saturated carbocycles. The molecule has 0 bridgehead atoms. The standard InChI is InChI=1S/C26H36N4O3S/c1-5-19-7-10-21(11-8-19)34(32,33)28-24-18-26(3,4)27-23-12-9-20(17-22(23)24)25(31)30-15-13-29(6-2)14-16-30/h7-12,17,24,27-28H,5-6,13-16,18H2,1-4H3/t24-/m0/s1. The first-order valence-corrected chi connectivity index (χ1v) is 13.6. The van der Waals surface area contributed by atoms with Gasteiger partial charge in [0.15, 0.2) is 0 Å². The maximum atomic E-state index is 13.2. The van der Waals surface area contributed by atoms with Gasteiger partial charge in [0.2, 0.25) is 10.0 Å². The number of hydrogen-bond acceptors (Lipinski definition) is 5. The van der Waals surface area contributed by atoms with Gasteiger partial charge in [0, 0.05) is 43.0 Å². The third-order valence-corrected chi connectivity index (χ3v) is 8.40. The number of sulfonamides is 1. The van der Waals surface area contributed by atoms with Crippen LogP contribution < -0.4 is 10.0 Å². The predicted molar refractivity (Wildman–Crippen MR) is 136 cm³/mol. The van der Waals surface area contributed by atoms with Crippen LogP contribution >= 0.6 is 0 Å². The Hall–Kier alpha value is -2.42. The number of aryl methyl sites for hydroxylation is 1. The highest BCUT2D eigenvalue weighted by atomic mass is 32.2. The van der Waals surface area contributed by atoms with E-state index in [2.05, 4.69) is 35.7 Å². The van der Waals surface area contributed by atoms with Crippen molar-refractivity contribution < 1.29 is 13.2 Å². The Bertz CT molecular complexity index is 1140. The zero-order valence-electron chi connectivity index (χ0n) is 20.6. The van der Waals surface area contributed by atoms with Crippen molar-refractivity contribution in [2.24, 2.45) is 0 Å². The third kappa shape index (κ3) is 5.29. The van der Waals surface area contributed by atoms with Gasteiger partial charge in [0.25, 0.3) is 5.91 Å². The highest BCUT2D eigenvalue weighted by molar-refractivity contribution is 7.89. The molecule has 1 fully saturated rings. The van der Waals surface area contributed by atoms with Crippen molar-refractivity contribution >= 4 is 21.6 Å². The molecule has 2 aliphatic rings. The van der Waals surface area contributed by atoms with E-state index >= 15 is 0 Å². The molecule has 7 nitrogen and oxygen atoms in total. The second-order valence-electron chi connectivity index (χ2n) is 9.91. The van der Waals surface area contributed by atoms with E-state index in [0.717, 1.165) is 42.9 Å². The zero-order valence-corrected chi connectivity index (χ0v) is 21.4. The number of nitrogens with zero attached hydrogens (tertiary/aromatic N) is 2. The van der Waals surface area contributed by atoms with Crippen LogP contribution in [0.5, 0.6) is 0 Å². The summed E-state index contributed by atoms with van der Waals surface area (Å²) < 4.78 is 29.4. The number of benzene rings is 2. The monoisotopic (exact) mass is 484 g/mol. The molecule has 2 aliphatic heterocycles. The number of likely N-dealkylation sites (N-methyl/N-ethyl adjacent to an activating group) is 1. The van der Waals surface area contributed by atoms with Gasteiger partial charge in [0.05, 0.1) is 10.9 Å². The minimum absolute atomic E-state index is 0.000137. The lowest BCUT2D eigenvalue weighted by molar-refractivity contribution is 0.0643. The maximum Gasteiger partial charge on any atom is 0.253 e. The lowest BCUT2D eigenvalue weighted by Gasteiger charge is -2.39. The molecule has 34 heavy (non-hydrogen) atoms. The summed E-state index contributed by atoms with van der Waals surface area (Å²) in [5.74, 6) is 0.000137. The molecule has 0 spiro atoms. The number of piperazine rings is 1. The Kier molecular flexibility index (Phi) is 7.03. The summed E-state index contributed by atoms with van der Waals surface area (Å²) >= 11 is 0. The Morgan fingerprint density at radius 2 is 1.74 bits per heavy atom. The zero-order chi connectivity index (χ0) is 24.5. The molecule has 2 heterocycles. The lowest BCUT2D eigenvalue weighted by Crippen LogP contribution is -2.48. The first kappa shape index (κ1) is 24.7. The summed E-state index contributed by atoms with van der Waals surface area (Å²) in [7, 11) is -3.72. The van der Waals surface area contributed by atoms with Crippen LogP contribution in [0.3, 0.4) is 0 Å². The maximum absolute atomic E-state index is 13.2. The fourth-order valence-electron chi connectivity index (χ4n) is 4.85. The Balaban J connectivity index is 1.60. The molecule has 1 saturated heterocycles. The summed E-state index contributed by atoms with van der Waals surface area (Å²) in [5.41, 5.74) is 3.06. The van der Waals surface area contributed by atoms with Gasteiger partial charge in [-0.2, -0.15) is 0 Å². The van der Waals surface area contributed by atoms with Crippen LogP contribution in [0.15, 0.2) is 47.4 Å². The molecule has 1 amide bonds. The van der Waals surface area contributed by atoms with Crippen molar-refractivity contribution in [1.82, 2.24) is 14.5 Å². The molecule has 4 rings (SSSR count). The predicted octanol–water partition coefficient (Wildman–Crippen LogP) is 3.64. The molecule has 184 valence electrons. The summed E-state index contributed by atoms with van der Waals surface area (Å²) in [6, 6.07) is 12.2. The van der Waals surface area contributed by atoms with Gasteiger partial charge in [-0.3, -0.25) is 4.79 Å². The molecular formula is C26H36N4O3S. The molecule has 8 heteroatoms. The van der Waals surface area contributed by atoms with E-state index in [-0.39, 0.29) is 16.3 Å². The van der Waals surface area contributed by atoms with Crippen LogP contribution in [-0.2, 0) is 16.4 Å². The minimum Gasteiger partial charge on any atom is -0.380 e. The van der Waals surface area contributed by atoms with E-state index in [4.69, 9.17) is 0 Å². The first-order chi connectivity index (χ1) is 16.1. The van der Waals surface area contributed by atoms with Crippen LogP contribution in [0, 0.1) is 0 Å². The summed E-state index contributed by atoms with van der Waals surface area (Å²) in [6.45, 7) is 12.4. The number of anilines is 1. The van der Waals surface area contributed by atoms with Crippen molar-refractivity contribution in [2.45, 2.75) is 57.0 Å². The van der Waals surface area contributed by atoms with Gasteiger partial charge in [-0.15, -0.1) is 0 Å². The second kappa shape index (κ2) is 9.68. The number of rotatable bonds is 6. The van der Waals surface area contributed by atoms with E-state index in [1.807, 2.05) is 42.2 Å². The van der Waals surface area contributed by atoms with Crippen molar-refractivity contribution in [1.29, 1.82) is 0 Å². The number of carbonyl (C=O) groups is 1. The molecule has 0 aliphatic carbocycles. The SMILES string of the molecule is CCc1ccc(S(=O)(=O)N[C@H]2CC(C)(C)Nc3ccc(C(=O)N4CCN(CC)CC4)cc32)cc1. The van der Waals surface area contributed by atoms with Crippen molar-refractivity contribution in [3.63, 3.8) is 0 Å². The molecule has 2 aromatic rings. The van der Waals surface area contributed by atoms with E-state index in [9.17, 15) is 13.2 Å². The largest absolute Gasteiger partial charge is 0.380 e. The lowest BCUT2D eigenvalue weighted by atomic mass is 9.85. The molecule has 2 aromatic carbocycles. The Labute approximate surface area is 203 Å². The molecule has 1 atom stereocenters. The Morgan fingerprint density at radius 3 is 2.35 bits per heavy atom. The Morgan fingerprint density at radius 1 is 1.06 bits per heavy atom. The first-order valence-electron chi connectivity index (χ1n) is 12.2. The normalized spacial score (nSPS) is 20.5. The van der Waals surface area contributed by atoms with Crippen molar-refractivity contribution in [3.05, 3.63) is 59.2 Å². The molecule has 0 unspecified atom stereocenters. The smallest absolute Gasteiger partial charge is 0.253 e. The van der Waals surface area contributed by atoms with Crippen LogP contribution in [0.2, 0.25) is 0 Å². The number of fused-ring (bicyclic) bond motifs is 1. The summed E-state index contributed by atoms with van der Waals surface area (Å²) in [4.78, 5) is 17.7. The van der Waals surface area contributed by atoms with Gasteiger partial charge in [-0.25, -0.2) is 13.1 Å². The number of amides is 1. The van der Waals surface area contributed by atoms with E-state index < -0.39 is 16.1 Å². The minimum atomic E-state index is -3.72. The van der Waals surface area contributed by atoms with E-state index in [0.29, 0.717) is 25.1 Å². The van der Waals surface area contributed by atoms with Crippen molar-refractivity contribution in [2.75, 3.05) is 38.0 Å². The second-order valence-corrected chi connectivity index (χ2v) is 11.6. The van der Waals surface area contributed by atoms with Crippen LogP contribution in [0.25, 0.3) is 0 Å². The van der Waals surface area contributed by atoms with E-state index in [1.165, 1.54) is 0 Å². The van der Waals surface area contributed by atoms with Gasteiger partial charge in [0.1, 0.15) is 0 Å².